The molecule has 0 radical (unpaired) electrons. The van der Waals surface area contributed by atoms with E-state index in [1.165, 1.54) is 6.21 Å². The molecule has 142 valence electrons. The van der Waals surface area contributed by atoms with E-state index in [1.54, 1.807) is 37.4 Å². The third kappa shape index (κ3) is 5.82. The van der Waals surface area contributed by atoms with Crippen LogP contribution in [0.1, 0.15) is 29.8 Å². The van der Waals surface area contributed by atoms with Crippen molar-refractivity contribution < 1.29 is 14.3 Å². The van der Waals surface area contributed by atoms with Crippen molar-refractivity contribution >= 4 is 29.6 Å². The fourth-order valence-corrected chi connectivity index (χ4v) is 2.49. The number of ether oxygens (including phenoxy) is 1. The second-order valence-corrected chi connectivity index (χ2v) is 6.61. The zero-order chi connectivity index (χ0) is 19.8. The molecule has 0 spiro atoms. The summed E-state index contributed by atoms with van der Waals surface area (Å²) in [6.45, 7) is 3.69. The monoisotopic (exact) mass is 387 g/mol. The summed E-state index contributed by atoms with van der Waals surface area (Å²) in [6.07, 6.45) is 1.50. The molecule has 0 aliphatic rings. The topological polar surface area (TPSA) is 79.8 Å². The van der Waals surface area contributed by atoms with Crippen molar-refractivity contribution in [2.45, 2.75) is 19.9 Å². The zero-order valence-corrected chi connectivity index (χ0v) is 16.2. The van der Waals surface area contributed by atoms with Gasteiger partial charge in [-0.2, -0.15) is 5.10 Å². The molecule has 7 heteroatoms. The van der Waals surface area contributed by atoms with Crippen LogP contribution in [0.4, 0.5) is 0 Å². The smallest absolute Gasteiger partial charge is 0.262 e. The van der Waals surface area contributed by atoms with Gasteiger partial charge in [-0.3, -0.25) is 9.59 Å². The van der Waals surface area contributed by atoms with E-state index in [4.69, 9.17) is 16.3 Å². The Bertz CT molecular complexity index is 819. The minimum Gasteiger partial charge on any atom is -0.496 e. The van der Waals surface area contributed by atoms with E-state index in [1.807, 2.05) is 32.0 Å². The van der Waals surface area contributed by atoms with E-state index in [-0.39, 0.29) is 11.8 Å². The first-order chi connectivity index (χ1) is 12.9. The van der Waals surface area contributed by atoms with Crippen LogP contribution in [0.15, 0.2) is 53.6 Å². The molecule has 27 heavy (non-hydrogen) atoms. The Balaban J connectivity index is 2.03. The van der Waals surface area contributed by atoms with Crippen LogP contribution in [0, 0.1) is 5.92 Å². The molecule has 1 unspecified atom stereocenters. The van der Waals surface area contributed by atoms with Crippen molar-refractivity contribution in [3.8, 4) is 5.75 Å². The molecule has 6 nitrogen and oxygen atoms in total. The lowest BCUT2D eigenvalue weighted by molar-refractivity contribution is -0.123. The fourth-order valence-electron chi connectivity index (χ4n) is 2.37. The van der Waals surface area contributed by atoms with E-state index in [0.29, 0.717) is 16.3 Å². The number of rotatable bonds is 7. The molecule has 1 atom stereocenters. The summed E-state index contributed by atoms with van der Waals surface area (Å²) in [5.41, 5.74) is 3.62. The predicted octanol–water partition coefficient (Wildman–Crippen LogP) is 3.25. The van der Waals surface area contributed by atoms with Gasteiger partial charge >= 0.3 is 0 Å². The highest BCUT2D eigenvalue weighted by Crippen LogP contribution is 2.14. The van der Waals surface area contributed by atoms with Crippen molar-refractivity contribution in [1.29, 1.82) is 0 Å². The van der Waals surface area contributed by atoms with Gasteiger partial charge in [0.15, 0.2) is 0 Å². The number of hydrazone groups is 1. The number of methoxy groups -OCH3 is 1. The summed E-state index contributed by atoms with van der Waals surface area (Å²) < 4.78 is 5.23. The maximum Gasteiger partial charge on any atom is 0.262 e. The molecule has 2 aromatic rings. The second kappa shape index (κ2) is 9.73. The van der Waals surface area contributed by atoms with Crippen molar-refractivity contribution in [3.05, 3.63) is 64.7 Å². The Morgan fingerprint density at radius 1 is 1.11 bits per heavy atom. The molecular weight excluding hydrogens is 366 g/mol. The normalized spacial score (nSPS) is 12.0. The second-order valence-electron chi connectivity index (χ2n) is 6.18. The van der Waals surface area contributed by atoms with E-state index >= 15 is 0 Å². The Morgan fingerprint density at radius 2 is 1.78 bits per heavy atom. The number of carbonyl (C=O) groups is 2. The molecule has 0 saturated carbocycles. The highest BCUT2D eigenvalue weighted by molar-refractivity contribution is 6.30. The quantitative estimate of drug-likeness (QED) is 0.565. The third-order valence-electron chi connectivity index (χ3n) is 3.86. The number of benzene rings is 2. The summed E-state index contributed by atoms with van der Waals surface area (Å²) in [7, 11) is 1.56. The Morgan fingerprint density at radius 3 is 2.41 bits per heavy atom. The Kier molecular flexibility index (Phi) is 7.37. The van der Waals surface area contributed by atoms with Gasteiger partial charge in [-0.15, -0.1) is 0 Å². The van der Waals surface area contributed by atoms with Gasteiger partial charge < -0.3 is 10.1 Å². The number of para-hydroxylation sites is 1. The largest absolute Gasteiger partial charge is 0.496 e. The van der Waals surface area contributed by atoms with Crippen molar-refractivity contribution in [2.75, 3.05) is 7.11 Å². The molecule has 2 N–H and O–H groups in total. The Labute approximate surface area is 163 Å². The van der Waals surface area contributed by atoms with Gasteiger partial charge in [0.1, 0.15) is 11.8 Å². The summed E-state index contributed by atoms with van der Waals surface area (Å²) in [6, 6.07) is 13.0. The first kappa shape index (κ1) is 20.5. The molecular formula is C20H22ClN3O3. The van der Waals surface area contributed by atoms with Crippen molar-refractivity contribution in [2.24, 2.45) is 11.0 Å². The number of hydrogen-bond acceptors (Lipinski definition) is 4. The average Bonchev–Trinajstić information content (AvgIpc) is 2.66. The van der Waals surface area contributed by atoms with Gasteiger partial charge in [-0.05, 0) is 42.3 Å². The lowest BCUT2D eigenvalue weighted by Gasteiger charge is -2.20. The molecule has 0 bridgehead atoms. The number of halogens is 1. The van der Waals surface area contributed by atoms with Gasteiger partial charge in [-0.1, -0.05) is 37.6 Å². The van der Waals surface area contributed by atoms with Crippen LogP contribution in [-0.4, -0.2) is 31.2 Å². The molecule has 0 heterocycles. The van der Waals surface area contributed by atoms with E-state index in [0.717, 1.165) is 5.56 Å². The maximum absolute atomic E-state index is 12.5. The number of carbonyl (C=O) groups excluding carboxylic acids is 2. The highest BCUT2D eigenvalue weighted by Gasteiger charge is 2.24. The first-order valence-electron chi connectivity index (χ1n) is 8.44. The van der Waals surface area contributed by atoms with E-state index in [9.17, 15) is 9.59 Å². The predicted molar refractivity (Wildman–Crippen MR) is 106 cm³/mol. The average molecular weight is 388 g/mol. The Hall–Kier alpha value is -2.86. The SMILES string of the molecule is COc1ccccc1C=NNC(=O)C(NC(=O)c1ccc(Cl)cc1)C(C)C. The van der Waals surface area contributed by atoms with Gasteiger partial charge in [0.25, 0.3) is 11.8 Å². The van der Waals surface area contributed by atoms with Gasteiger partial charge in [-0.25, -0.2) is 5.43 Å². The van der Waals surface area contributed by atoms with E-state index < -0.39 is 11.9 Å². The van der Waals surface area contributed by atoms with Gasteiger partial charge in [0.05, 0.1) is 13.3 Å². The standard InChI is InChI=1S/C20H22ClN3O3/c1-13(2)18(23-19(25)14-8-10-16(21)11-9-14)20(26)24-22-12-15-6-4-5-7-17(15)27-3/h4-13,18H,1-3H3,(H,23,25)(H,24,26). The molecule has 2 amide bonds. The number of nitrogens with zero attached hydrogens (tertiary/aromatic N) is 1. The van der Waals surface area contributed by atoms with Crippen LogP contribution in [0.3, 0.4) is 0 Å². The van der Waals surface area contributed by atoms with E-state index in [2.05, 4.69) is 15.8 Å². The molecule has 0 aliphatic carbocycles. The highest BCUT2D eigenvalue weighted by atomic mass is 35.5. The van der Waals surface area contributed by atoms with Crippen LogP contribution in [0.25, 0.3) is 0 Å². The maximum atomic E-state index is 12.5. The molecule has 2 aromatic carbocycles. The molecule has 2 rings (SSSR count). The lowest BCUT2D eigenvalue weighted by Crippen LogP contribution is -2.48. The minimum atomic E-state index is -0.733. The molecule has 0 saturated heterocycles. The first-order valence-corrected chi connectivity index (χ1v) is 8.82. The number of amides is 2. The van der Waals surface area contributed by atoms with Crippen LogP contribution in [0.5, 0.6) is 5.75 Å². The van der Waals surface area contributed by atoms with Crippen LogP contribution in [0.2, 0.25) is 5.02 Å². The molecule has 0 aliphatic heterocycles. The summed E-state index contributed by atoms with van der Waals surface area (Å²) in [5.74, 6) is -0.234. The van der Waals surface area contributed by atoms with Crippen molar-refractivity contribution in [1.82, 2.24) is 10.7 Å². The molecule has 0 aromatic heterocycles. The summed E-state index contributed by atoms with van der Waals surface area (Å²) >= 11 is 5.83. The molecule has 0 fully saturated rings. The third-order valence-corrected chi connectivity index (χ3v) is 4.11. The van der Waals surface area contributed by atoms with Gasteiger partial charge in [0, 0.05) is 16.1 Å². The number of hydrogen-bond donors (Lipinski definition) is 2. The van der Waals surface area contributed by atoms with Gasteiger partial charge in [0.2, 0.25) is 0 Å². The summed E-state index contributed by atoms with van der Waals surface area (Å²) in [4.78, 5) is 24.8. The fraction of sp³-hybridized carbons (Fsp3) is 0.250. The zero-order valence-electron chi connectivity index (χ0n) is 15.4. The minimum absolute atomic E-state index is 0.122. The van der Waals surface area contributed by atoms with Crippen molar-refractivity contribution in [3.63, 3.8) is 0 Å². The summed E-state index contributed by atoms with van der Waals surface area (Å²) in [5, 5.41) is 7.24. The lowest BCUT2D eigenvalue weighted by atomic mass is 10.0. The van der Waals surface area contributed by atoms with Crippen LogP contribution < -0.4 is 15.5 Å². The number of nitrogens with one attached hydrogen (secondary N) is 2. The van der Waals surface area contributed by atoms with Crippen LogP contribution in [-0.2, 0) is 4.79 Å². The van der Waals surface area contributed by atoms with Crippen LogP contribution >= 0.6 is 11.6 Å².